The fourth-order valence-electron chi connectivity index (χ4n) is 3.18. The molecule has 2 unspecified atom stereocenters. The molecule has 0 saturated carbocycles. The number of nitrogens with one attached hydrogen (secondary N) is 1. The number of nitrogens with zero attached hydrogens (tertiary/aromatic N) is 1. The van der Waals surface area contributed by atoms with Crippen molar-refractivity contribution in [2.24, 2.45) is 11.8 Å². The number of carbonyl (C=O) groups excluding carboxylic acids is 2. The van der Waals surface area contributed by atoms with E-state index >= 15 is 0 Å². The molecule has 1 saturated heterocycles. The molecular formula is C18H26N2O2. The molecule has 2 atom stereocenters. The van der Waals surface area contributed by atoms with Crippen LogP contribution in [0.25, 0.3) is 0 Å². The van der Waals surface area contributed by atoms with Gasteiger partial charge in [0.05, 0.1) is 6.42 Å². The third-order valence-electron chi connectivity index (χ3n) is 4.09. The zero-order valence-electron chi connectivity index (χ0n) is 13.5. The Bertz CT molecular complexity index is 491. The van der Waals surface area contributed by atoms with Crippen molar-refractivity contribution in [1.82, 2.24) is 10.2 Å². The Balaban J connectivity index is 1.69. The van der Waals surface area contributed by atoms with Gasteiger partial charge in [0.2, 0.25) is 11.8 Å². The van der Waals surface area contributed by atoms with Crippen LogP contribution in [0, 0.1) is 11.8 Å². The largest absolute Gasteiger partial charge is 0.355 e. The van der Waals surface area contributed by atoms with Gasteiger partial charge in [-0.1, -0.05) is 44.2 Å². The number of piperidine rings is 1. The Hall–Kier alpha value is -1.84. The van der Waals surface area contributed by atoms with Crippen LogP contribution in [-0.2, 0) is 16.0 Å². The van der Waals surface area contributed by atoms with Gasteiger partial charge in [0.1, 0.15) is 0 Å². The van der Waals surface area contributed by atoms with Crippen molar-refractivity contribution in [1.29, 1.82) is 0 Å². The summed E-state index contributed by atoms with van der Waals surface area (Å²) in [6, 6.07) is 9.64. The number of likely N-dealkylation sites (tertiary alicyclic amines) is 1. The van der Waals surface area contributed by atoms with E-state index in [1.165, 1.54) is 6.42 Å². The standard InChI is InChI=1S/C18H26N2O2/c1-14-10-15(2)13-20(12-14)18(22)8-9-19-17(21)11-16-6-4-3-5-7-16/h3-7,14-15H,8-13H2,1-2H3,(H,19,21). The van der Waals surface area contributed by atoms with Crippen LogP contribution in [0.15, 0.2) is 30.3 Å². The van der Waals surface area contributed by atoms with Gasteiger partial charge < -0.3 is 10.2 Å². The molecule has 1 N–H and O–H groups in total. The van der Waals surface area contributed by atoms with E-state index in [0.29, 0.717) is 31.2 Å². The average molecular weight is 302 g/mol. The third-order valence-corrected chi connectivity index (χ3v) is 4.09. The van der Waals surface area contributed by atoms with Gasteiger partial charge in [-0.3, -0.25) is 9.59 Å². The maximum absolute atomic E-state index is 12.2. The minimum atomic E-state index is -0.0284. The molecular weight excluding hydrogens is 276 g/mol. The van der Waals surface area contributed by atoms with Crippen LogP contribution < -0.4 is 5.32 Å². The lowest BCUT2D eigenvalue weighted by Crippen LogP contribution is -2.43. The van der Waals surface area contributed by atoms with E-state index in [1.807, 2.05) is 35.2 Å². The van der Waals surface area contributed by atoms with Gasteiger partial charge in [0, 0.05) is 26.1 Å². The maximum Gasteiger partial charge on any atom is 0.224 e. The van der Waals surface area contributed by atoms with Crippen LogP contribution in [0.5, 0.6) is 0 Å². The fourth-order valence-corrected chi connectivity index (χ4v) is 3.18. The summed E-state index contributed by atoms with van der Waals surface area (Å²) in [6.45, 7) is 6.50. The summed E-state index contributed by atoms with van der Waals surface area (Å²) in [6.07, 6.45) is 1.95. The van der Waals surface area contributed by atoms with Gasteiger partial charge in [-0.25, -0.2) is 0 Å². The summed E-state index contributed by atoms with van der Waals surface area (Å²) >= 11 is 0. The lowest BCUT2D eigenvalue weighted by atomic mass is 9.92. The topological polar surface area (TPSA) is 49.4 Å². The fraction of sp³-hybridized carbons (Fsp3) is 0.556. The van der Waals surface area contributed by atoms with Crippen LogP contribution in [0.3, 0.4) is 0 Å². The van der Waals surface area contributed by atoms with Crippen LogP contribution in [0.4, 0.5) is 0 Å². The van der Waals surface area contributed by atoms with Gasteiger partial charge in [-0.15, -0.1) is 0 Å². The Morgan fingerprint density at radius 1 is 1.14 bits per heavy atom. The van der Waals surface area contributed by atoms with Gasteiger partial charge in [-0.05, 0) is 23.8 Å². The summed E-state index contributed by atoms with van der Waals surface area (Å²) in [5.74, 6) is 1.26. The number of rotatable bonds is 5. The van der Waals surface area contributed by atoms with E-state index in [1.54, 1.807) is 0 Å². The number of amides is 2. The number of hydrogen-bond acceptors (Lipinski definition) is 2. The molecule has 1 fully saturated rings. The van der Waals surface area contributed by atoms with E-state index in [9.17, 15) is 9.59 Å². The molecule has 1 aliphatic heterocycles. The molecule has 2 amide bonds. The summed E-state index contributed by atoms with van der Waals surface area (Å²) < 4.78 is 0. The second-order valence-corrected chi connectivity index (χ2v) is 6.51. The van der Waals surface area contributed by atoms with Crippen molar-refractivity contribution >= 4 is 11.8 Å². The summed E-state index contributed by atoms with van der Waals surface area (Å²) in [4.78, 5) is 26.0. The number of carbonyl (C=O) groups is 2. The number of hydrogen-bond donors (Lipinski definition) is 1. The molecule has 4 nitrogen and oxygen atoms in total. The van der Waals surface area contributed by atoms with E-state index < -0.39 is 0 Å². The highest BCUT2D eigenvalue weighted by Gasteiger charge is 2.24. The Morgan fingerprint density at radius 2 is 1.77 bits per heavy atom. The summed E-state index contributed by atoms with van der Waals surface area (Å²) in [7, 11) is 0. The first-order chi connectivity index (χ1) is 10.5. The van der Waals surface area contributed by atoms with Crippen LogP contribution in [0.2, 0.25) is 0 Å². The zero-order valence-corrected chi connectivity index (χ0v) is 13.5. The van der Waals surface area contributed by atoms with Gasteiger partial charge >= 0.3 is 0 Å². The summed E-state index contributed by atoms with van der Waals surface area (Å²) in [5, 5.41) is 2.84. The minimum absolute atomic E-state index is 0.0284. The molecule has 0 aliphatic carbocycles. The van der Waals surface area contributed by atoms with Gasteiger partial charge in [-0.2, -0.15) is 0 Å². The van der Waals surface area contributed by atoms with Crippen LogP contribution in [-0.4, -0.2) is 36.3 Å². The van der Waals surface area contributed by atoms with E-state index in [4.69, 9.17) is 0 Å². The van der Waals surface area contributed by atoms with E-state index in [0.717, 1.165) is 18.7 Å². The zero-order chi connectivity index (χ0) is 15.9. The van der Waals surface area contributed by atoms with E-state index in [-0.39, 0.29) is 11.8 Å². The van der Waals surface area contributed by atoms with Crippen molar-refractivity contribution < 1.29 is 9.59 Å². The smallest absolute Gasteiger partial charge is 0.224 e. The SMILES string of the molecule is CC1CC(C)CN(C(=O)CCNC(=O)Cc2ccccc2)C1. The average Bonchev–Trinajstić information content (AvgIpc) is 2.47. The molecule has 120 valence electrons. The lowest BCUT2D eigenvalue weighted by molar-refractivity contribution is -0.133. The van der Waals surface area contributed by atoms with E-state index in [2.05, 4.69) is 19.2 Å². The van der Waals surface area contributed by atoms with Crippen molar-refractivity contribution in [3.05, 3.63) is 35.9 Å². The molecule has 1 aliphatic rings. The normalized spacial score (nSPS) is 21.5. The number of benzene rings is 1. The van der Waals surface area contributed by atoms with Crippen molar-refractivity contribution in [3.8, 4) is 0 Å². The molecule has 0 spiro atoms. The highest BCUT2D eigenvalue weighted by atomic mass is 16.2. The Morgan fingerprint density at radius 3 is 2.41 bits per heavy atom. The summed E-state index contributed by atoms with van der Waals surface area (Å²) in [5.41, 5.74) is 0.991. The monoisotopic (exact) mass is 302 g/mol. The highest BCUT2D eigenvalue weighted by Crippen LogP contribution is 2.21. The van der Waals surface area contributed by atoms with Crippen LogP contribution in [0.1, 0.15) is 32.3 Å². The highest BCUT2D eigenvalue weighted by molar-refractivity contribution is 5.80. The first-order valence-corrected chi connectivity index (χ1v) is 8.13. The first-order valence-electron chi connectivity index (χ1n) is 8.13. The van der Waals surface area contributed by atoms with Crippen molar-refractivity contribution in [2.45, 2.75) is 33.1 Å². The molecule has 0 aromatic heterocycles. The van der Waals surface area contributed by atoms with Gasteiger partial charge in [0.25, 0.3) is 0 Å². The second-order valence-electron chi connectivity index (χ2n) is 6.51. The minimum Gasteiger partial charge on any atom is -0.355 e. The third kappa shape index (κ3) is 5.17. The maximum atomic E-state index is 12.2. The molecule has 22 heavy (non-hydrogen) atoms. The van der Waals surface area contributed by atoms with Crippen molar-refractivity contribution in [2.75, 3.05) is 19.6 Å². The molecule has 1 heterocycles. The Kier molecular flexibility index (Phi) is 5.99. The first kappa shape index (κ1) is 16.5. The molecule has 0 bridgehead atoms. The molecule has 1 aromatic carbocycles. The second kappa shape index (κ2) is 7.97. The predicted octanol–water partition coefficient (Wildman–Crippen LogP) is 2.24. The predicted molar refractivity (Wildman–Crippen MR) is 87.3 cm³/mol. The quantitative estimate of drug-likeness (QED) is 0.907. The Labute approximate surface area is 132 Å². The molecule has 0 radical (unpaired) electrons. The van der Waals surface area contributed by atoms with Crippen molar-refractivity contribution in [3.63, 3.8) is 0 Å². The molecule has 2 rings (SSSR count). The van der Waals surface area contributed by atoms with Crippen LogP contribution >= 0.6 is 0 Å². The molecule has 4 heteroatoms. The lowest BCUT2D eigenvalue weighted by Gasteiger charge is -2.35. The van der Waals surface area contributed by atoms with Gasteiger partial charge in [0.15, 0.2) is 0 Å². The molecule has 1 aromatic rings.